The van der Waals surface area contributed by atoms with Crippen LogP contribution in [0.3, 0.4) is 0 Å². The summed E-state index contributed by atoms with van der Waals surface area (Å²) in [5, 5.41) is 6.70. The van der Waals surface area contributed by atoms with Gasteiger partial charge in [-0.2, -0.15) is 8.78 Å². The van der Waals surface area contributed by atoms with E-state index in [2.05, 4.69) is 25.5 Å². The average Bonchev–Trinajstić information content (AvgIpc) is 2.91. The van der Waals surface area contributed by atoms with Gasteiger partial charge in [-0.1, -0.05) is 12.1 Å². The molecule has 0 aliphatic carbocycles. The van der Waals surface area contributed by atoms with Crippen LogP contribution in [0.15, 0.2) is 42.7 Å². The molecule has 36 heavy (non-hydrogen) atoms. The molecule has 2 aliphatic rings. The van der Waals surface area contributed by atoms with Gasteiger partial charge in [0.05, 0.1) is 23.9 Å². The first-order valence-electron chi connectivity index (χ1n) is 12.1. The zero-order valence-corrected chi connectivity index (χ0v) is 20.1. The van der Waals surface area contributed by atoms with E-state index < -0.39 is 11.8 Å². The van der Waals surface area contributed by atoms with Crippen LogP contribution in [-0.4, -0.2) is 90.2 Å². The van der Waals surface area contributed by atoms with E-state index in [1.54, 1.807) is 12.4 Å². The Bertz CT molecular complexity index is 1210. The highest BCUT2D eigenvalue weighted by atomic mass is 19.3. The van der Waals surface area contributed by atoms with E-state index in [1.807, 2.05) is 30.3 Å². The third-order valence-corrected chi connectivity index (χ3v) is 6.43. The van der Waals surface area contributed by atoms with Gasteiger partial charge in [0, 0.05) is 76.4 Å². The van der Waals surface area contributed by atoms with E-state index in [0.717, 1.165) is 35.6 Å². The fourth-order valence-electron chi connectivity index (χ4n) is 4.49. The third kappa shape index (κ3) is 5.36. The van der Waals surface area contributed by atoms with E-state index in [0.29, 0.717) is 44.5 Å². The Kier molecular flexibility index (Phi) is 6.92. The predicted molar refractivity (Wildman–Crippen MR) is 133 cm³/mol. The number of hydrogen-bond acceptors (Lipinski definition) is 8. The minimum atomic E-state index is -3.34. The summed E-state index contributed by atoms with van der Waals surface area (Å²) in [6, 6.07) is 9.85. The van der Waals surface area contributed by atoms with Crippen molar-refractivity contribution >= 4 is 28.4 Å². The minimum absolute atomic E-state index is 0.0505. The number of rotatable bonds is 6. The summed E-state index contributed by atoms with van der Waals surface area (Å²) in [5.41, 5.74) is 4.09. The van der Waals surface area contributed by atoms with Crippen LogP contribution in [0.1, 0.15) is 6.92 Å². The van der Waals surface area contributed by atoms with Gasteiger partial charge in [0.1, 0.15) is 5.52 Å². The maximum absolute atomic E-state index is 13.4. The molecule has 0 saturated carbocycles. The Morgan fingerprint density at radius 3 is 2.61 bits per heavy atom. The summed E-state index contributed by atoms with van der Waals surface area (Å²) in [7, 11) is 0. The second kappa shape index (κ2) is 10.3. The lowest BCUT2D eigenvalue weighted by atomic mass is 10.1. The van der Waals surface area contributed by atoms with Crippen LogP contribution in [0.25, 0.3) is 22.3 Å². The Morgan fingerprint density at radius 1 is 1.17 bits per heavy atom. The summed E-state index contributed by atoms with van der Waals surface area (Å²) in [5.74, 6) is -3.80. The fraction of sp³-hybridized carbons (Fsp3) is 0.440. The van der Waals surface area contributed by atoms with Crippen LogP contribution in [-0.2, 0) is 9.53 Å². The van der Waals surface area contributed by atoms with Gasteiger partial charge in [0.15, 0.2) is 5.82 Å². The number of carbonyl (C=O) groups is 1. The van der Waals surface area contributed by atoms with E-state index in [1.165, 1.54) is 4.90 Å². The highest BCUT2D eigenvalue weighted by molar-refractivity contribution is 5.88. The normalized spacial score (nSPS) is 18.9. The number of piperazine rings is 1. The summed E-state index contributed by atoms with van der Waals surface area (Å²) >= 11 is 0. The molecular formula is C25H29F2N7O2. The number of nitrogens with one attached hydrogen (secondary N) is 2. The smallest absolute Gasteiger partial charge is 0.322 e. The molecular weight excluding hydrogens is 468 g/mol. The first kappa shape index (κ1) is 24.3. The number of ether oxygens (including phenoxy) is 1. The Morgan fingerprint density at radius 2 is 1.92 bits per heavy atom. The van der Waals surface area contributed by atoms with Crippen LogP contribution in [0.5, 0.6) is 0 Å². The van der Waals surface area contributed by atoms with Gasteiger partial charge in [-0.25, -0.2) is 9.97 Å². The molecule has 1 atom stereocenters. The van der Waals surface area contributed by atoms with Gasteiger partial charge in [-0.3, -0.25) is 9.78 Å². The Balaban J connectivity index is 1.30. The molecule has 1 unspecified atom stereocenters. The number of morpholine rings is 1. The molecule has 190 valence electrons. The number of anilines is 2. The molecule has 11 heteroatoms. The van der Waals surface area contributed by atoms with Gasteiger partial charge in [-0.15, -0.1) is 0 Å². The molecule has 2 fully saturated rings. The highest BCUT2D eigenvalue weighted by Gasteiger charge is 2.37. The van der Waals surface area contributed by atoms with Crippen molar-refractivity contribution in [3.05, 3.63) is 42.7 Å². The van der Waals surface area contributed by atoms with E-state index in [9.17, 15) is 13.6 Å². The molecule has 0 bridgehead atoms. The lowest BCUT2D eigenvalue weighted by Gasteiger charge is -2.37. The van der Waals surface area contributed by atoms with Crippen molar-refractivity contribution in [3.8, 4) is 11.3 Å². The molecule has 5 rings (SSSR count). The van der Waals surface area contributed by atoms with E-state index in [-0.39, 0.29) is 19.2 Å². The summed E-state index contributed by atoms with van der Waals surface area (Å²) in [6.45, 7) is 5.10. The van der Waals surface area contributed by atoms with Gasteiger partial charge in [0.25, 0.3) is 5.91 Å². The quantitative estimate of drug-likeness (QED) is 0.536. The molecule has 2 saturated heterocycles. The highest BCUT2D eigenvalue weighted by Crippen LogP contribution is 2.28. The first-order chi connectivity index (χ1) is 17.4. The van der Waals surface area contributed by atoms with Crippen LogP contribution in [0, 0.1) is 0 Å². The molecule has 9 nitrogen and oxygen atoms in total. The zero-order chi connectivity index (χ0) is 25.1. The maximum Gasteiger partial charge on any atom is 0.322 e. The number of carbonyl (C=O) groups excluding carboxylic acids is 1. The zero-order valence-electron chi connectivity index (χ0n) is 20.1. The van der Waals surface area contributed by atoms with Crippen molar-refractivity contribution in [1.29, 1.82) is 0 Å². The van der Waals surface area contributed by atoms with Crippen LogP contribution >= 0.6 is 0 Å². The van der Waals surface area contributed by atoms with E-state index >= 15 is 0 Å². The molecule has 0 spiro atoms. The first-order valence-corrected chi connectivity index (χ1v) is 12.1. The van der Waals surface area contributed by atoms with Gasteiger partial charge in [0.2, 0.25) is 0 Å². The topological polar surface area (TPSA) is 95.5 Å². The molecule has 2 N–H and O–H groups in total. The standard InChI is InChI=1S/C25H29F2N7O2/c1-25(26,27)24(35)34-11-9-33(10-12-34)18-4-2-17(3-5-18)20-14-21-22(30-7-6-29-21)23(32-20)31-16-19-15-28-8-13-36-19/h2-7,14,19,28H,8-13,15-16H2,1H3,(H,31,32). The summed E-state index contributed by atoms with van der Waals surface area (Å²) < 4.78 is 32.5. The number of benzene rings is 1. The summed E-state index contributed by atoms with van der Waals surface area (Å²) in [6.07, 6.45) is 3.36. The molecule has 4 heterocycles. The number of alkyl halides is 2. The predicted octanol–water partition coefficient (Wildman–Crippen LogP) is 2.40. The molecule has 2 aromatic heterocycles. The Labute approximate surface area is 207 Å². The van der Waals surface area contributed by atoms with Crippen molar-refractivity contribution < 1.29 is 18.3 Å². The van der Waals surface area contributed by atoms with Crippen molar-refractivity contribution in [1.82, 2.24) is 25.2 Å². The molecule has 1 amide bonds. The van der Waals surface area contributed by atoms with Crippen molar-refractivity contribution in [3.63, 3.8) is 0 Å². The number of fused-ring (bicyclic) bond motifs is 1. The van der Waals surface area contributed by atoms with Gasteiger partial charge in [-0.05, 0) is 18.2 Å². The number of amides is 1. The second-order valence-electron chi connectivity index (χ2n) is 9.07. The monoisotopic (exact) mass is 497 g/mol. The van der Waals surface area contributed by atoms with Gasteiger partial charge >= 0.3 is 5.92 Å². The van der Waals surface area contributed by atoms with Crippen molar-refractivity contribution in [2.24, 2.45) is 0 Å². The fourth-order valence-corrected chi connectivity index (χ4v) is 4.49. The van der Waals surface area contributed by atoms with Crippen LogP contribution < -0.4 is 15.5 Å². The van der Waals surface area contributed by atoms with Crippen molar-refractivity contribution in [2.45, 2.75) is 19.0 Å². The summed E-state index contributed by atoms with van der Waals surface area (Å²) in [4.78, 5) is 28.9. The van der Waals surface area contributed by atoms with E-state index in [4.69, 9.17) is 9.72 Å². The number of aromatic nitrogens is 3. The number of halogens is 2. The van der Waals surface area contributed by atoms with Crippen LogP contribution in [0.4, 0.5) is 20.3 Å². The second-order valence-corrected chi connectivity index (χ2v) is 9.07. The number of hydrogen-bond donors (Lipinski definition) is 2. The largest absolute Gasteiger partial charge is 0.374 e. The van der Waals surface area contributed by atoms with Crippen molar-refractivity contribution in [2.75, 3.05) is 62.6 Å². The lowest BCUT2D eigenvalue weighted by Crippen LogP contribution is -2.52. The number of nitrogens with zero attached hydrogens (tertiary/aromatic N) is 5. The van der Waals surface area contributed by atoms with Gasteiger partial charge < -0.3 is 25.2 Å². The SMILES string of the molecule is CC(F)(F)C(=O)N1CCN(c2ccc(-c3cc4nccnc4c(NCC4CNCCO4)n3)cc2)CC1. The van der Waals surface area contributed by atoms with Crippen LogP contribution in [0.2, 0.25) is 0 Å². The Hall–Kier alpha value is -3.44. The third-order valence-electron chi connectivity index (χ3n) is 6.43. The molecule has 1 aromatic carbocycles. The molecule has 2 aliphatic heterocycles. The molecule has 0 radical (unpaired) electrons. The minimum Gasteiger partial charge on any atom is -0.374 e. The molecule has 3 aromatic rings. The lowest BCUT2D eigenvalue weighted by molar-refractivity contribution is -0.155. The number of pyridine rings is 1. The average molecular weight is 498 g/mol. The maximum atomic E-state index is 13.4.